The summed E-state index contributed by atoms with van der Waals surface area (Å²) in [5.41, 5.74) is 2.82. The van der Waals surface area contributed by atoms with Gasteiger partial charge in [0.1, 0.15) is 5.57 Å². The molecule has 4 saturated carbocycles. The van der Waals surface area contributed by atoms with Crippen LogP contribution in [0.15, 0.2) is 54.6 Å². The minimum absolute atomic E-state index is 0.00533. The molecular formula is C32H34N2O5. The topological polar surface area (TPSA) is 95.9 Å². The minimum atomic E-state index is -0.766. The van der Waals surface area contributed by atoms with Crippen molar-refractivity contribution in [2.45, 2.75) is 57.3 Å². The number of hydrogen-bond acceptors (Lipinski definition) is 5. The molecule has 39 heavy (non-hydrogen) atoms. The quantitative estimate of drug-likeness (QED) is 0.276. The first-order chi connectivity index (χ1) is 18.8. The highest BCUT2D eigenvalue weighted by molar-refractivity contribution is 6.39. The van der Waals surface area contributed by atoms with Crippen LogP contribution in [-0.4, -0.2) is 29.6 Å². The number of barbiturate groups is 1. The third-order valence-corrected chi connectivity index (χ3v) is 9.03. The summed E-state index contributed by atoms with van der Waals surface area (Å²) in [6, 6.07) is 10.3. The van der Waals surface area contributed by atoms with Crippen molar-refractivity contribution >= 4 is 29.6 Å². The second kappa shape index (κ2) is 9.70. The smallest absolute Gasteiger partial charge is 0.335 e. The van der Waals surface area contributed by atoms with Gasteiger partial charge >= 0.3 is 6.03 Å². The highest BCUT2D eigenvalue weighted by Gasteiger charge is 2.51. The van der Waals surface area contributed by atoms with Gasteiger partial charge in [-0.05, 0) is 117 Å². The van der Waals surface area contributed by atoms with Crippen LogP contribution >= 0.6 is 0 Å². The average molecular weight is 527 g/mol. The molecule has 0 spiro atoms. The number of phenols is 1. The second-order valence-corrected chi connectivity index (χ2v) is 11.7. The summed E-state index contributed by atoms with van der Waals surface area (Å²) in [4.78, 5) is 40.1. The Kier molecular flexibility index (Phi) is 6.32. The zero-order chi connectivity index (χ0) is 27.3. The summed E-state index contributed by atoms with van der Waals surface area (Å²) in [6.45, 7) is 5.86. The largest absolute Gasteiger partial charge is 0.504 e. The molecule has 1 aliphatic heterocycles. The van der Waals surface area contributed by atoms with E-state index < -0.39 is 17.8 Å². The number of carbonyl (C=O) groups is 3. The van der Waals surface area contributed by atoms with Crippen LogP contribution in [0.25, 0.3) is 6.08 Å². The van der Waals surface area contributed by atoms with Crippen LogP contribution in [0, 0.1) is 17.8 Å². The Balaban J connectivity index is 1.30. The van der Waals surface area contributed by atoms with E-state index in [1.807, 2.05) is 12.1 Å². The van der Waals surface area contributed by atoms with E-state index in [2.05, 4.69) is 24.0 Å². The van der Waals surface area contributed by atoms with E-state index in [1.54, 1.807) is 25.1 Å². The van der Waals surface area contributed by atoms with Crippen molar-refractivity contribution in [2.24, 2.45) is 17.8 Å². The van der Waals surface area contributed by atoms with E-state index in [-0.39, 0.29) is 22.5 Å². The second-order valence-electron chi connectivity index (χ2n) is 11.7. The predicted octanol–water partition coefficient (Wildman–Crippen LogP) is 5.65. The summed E-state index contributed by atoms with van der Waals surface area (Å²) in [7, 11) is 0. The van der Waals surface area contributed by atoms with E-state index in [0.717, 1.165) is 22.7 Å². The van der Waals surface area contributed by atoms with Gasteiger partial charge in [-0.2, -0.15) is 0 Å². The molecule has 0 atom stereocenters. The molecule has 5 aliphatic rings. The molecule has 7 heteroatoms. The Morgan fingerprint density at radius 3 is 2.28 bits per heavy atom. The fourth-order valence-electron chi connectivity index (χ4n) is 7.84. The van der Waals surface area contributed by atoms with Gasteiger partial charge in [0.25, 0.3) is 11.8 Å². The monoisotopic (exact) mass is 526 g/mol. The number of amides is 4. The maximum atomic E-state index is 13.5. The number of nitrogens with zero attached hydrogens (tertiary/aromatic N) is 1. The molecule has 5 fully saturated rings. The number of urea groups is 1. The molecule has 0 aromatic heterocycles. The number of aromatic hydroxyl groups is 1. The van der Waals surface area contributed by atoms with Crippen molar-refractivity contribution in [1.29, 1.82) is 0 Å². The number of carbonyl (C=O) groups excluding carboxylic acids is 3. The highest BCUT2D eigenvalue weighted by Crippen LogP contribution is 2.60. The molecule has 0 radical (unpaired) electrons. The van der Waals surface area contributed by atoms with Crippen LogP contribution in [0.2, 0.25) is 0 Å². The number of phenolic OH excluding ortho intramolecular Hbond substituents is 1. The minimum Gasteiger partial charge on any atom is -0.504 e. The lowest BCUT2D eigenvalue weighted by Gasteiger charge is -2.57. The van der Waals surface area contributed by atoms with Gasteiger partial charge in [-0.1, -0.05) is 18.2 Å². The Bertz CT molecular complexity index is 1350. The molecule has 7 rings (SSSR count). The zero-order valence-corrected chi connectivity index (χ0v) is 22.2. The zero-order valence-electron chi connectivity index (χ0n) is 22.2. The lowest BCUT2D eigenvalue weighted by atomic mass is 9.48. The van der Waals surface area contributed by atoms with Crippen molar-refractivity contribution in [3.63, 3.8) is 0 Å². The van der Waals surface area contributed by atoms with Gasteiger partial charge in [0.15, 0.2) is 11.5 Å². The molecule has 7 nitrogen and oxygen atoms in total. The predicted molar refractivity (Wildman–Crippen MR) is 148 cm³/mol. The van der Waals surface area contributed by atoms with Gasteiger partial charge in [-0.25, -0.2) is 9.69 Å². The van der Waals surface area contributed by atoms with E-state index in [0.29, 0.717) is 29.8 Å². The third-order valence-electron chi connectivity index (χ3n) is 9.03. The summed E-state index contributed by atoms with van der Waals surface area (Å²) in [5.74, 6) is 1.25. The van der Waals surface area contributed by atoms with Gasteiger partial charge in [0, 0.05) is 5.56 Å². The number of nitrogens with one attached hydrogen (secondary N) is 1. The van der Waals surface area contributed by atoms with E-state index >= 15 is 0 Å². The fourth-order valence-corrected chi connectivity index (χ4v) is 7.84. The van der Waals surface area contributed by atoms with Gasteiger partial charge in [0.2, 0.25) is 0 Å². The standard InChI is InChI=1S/C32H34N2O5/c1-3-5-23-13-19(15-27(28(23)35)39-4-2)14-26-29(36)33-31(38)34(30(26)37)25-8-6-24(7-9-25)32-16-20-10-21(17-32)12-22(11-20)18-32/h3,6-9,13-15,20-22,35H,1,4-5,10-12,16-18H2,2H3,(H,33,36,38)/b26-14+. The number of benzene rings is 2. The Labute approximate surface area is 228 Å². The fraction of sp³-hybridized carbons (Fsp3) is 0.406. The number of anilines is 1. The Morgan fingerprint density at radius 2 is 1.69 bits per heavy atom. The Morgan fingerprint density at radius 1 is 1.05 bits per heavy atom. The van der Waals surface area contributed by atoms with Crippen LogP contribution in [-0.2, 0) is 21.4 Å². The van der Waals surface area contributed by atoms with Crippen LogP contribution in [0.3, 0.4) is 0 Å². The van der Waals surface area contributed by atoms with E-state index in [4.69, 9.17) is 4.74 Å². The SMILES string of the molecule is C=CCc1cc(/C=C2\C(=O)NC(=O)N(c3ccc(C45CC6CC(CC(C6)C4)C5)cc3)C2=O)cc(OCC)c1O. The molecule has 2 aromatic rings. The van der Waals surface area contributed by atoms with Crippen molar-refractivity contribution in [3.05, 3.63) is 71.3 Å². The van der Waals surface area contributed by atoms with E-state index in [1.165, 1.54) is 50.2 Å². The molecule has 2 N–H and O–H groups in total. The highest BCUT2D eigenvalue weighted by atomic mass is 16.5. The van der Waals surface area contributed by atoms with Crippen LogP contribution in [0.1, 0.15) is 62.1 Å². The summed E-state index contributed by atoms with van der Waals surface area (Å²) >= 11 is 0. The summed E-state index contributed by atoms with van der Waals surface area (Å²) in [5, 5.41) is 12.8. The van der Waals surface area contributed by atoms with Crippen molar-refractivity contribution in [1.82, 2.24) is 5.32 Å². The average Bonchev–Trinajstić information content (AvgIpc) is 2.89. The first kappa shape index (κ1) is 25.4. The van der Waals surface area contributed by atoms with Crippen molar-refractivity contribution in [2.75, 3.05) is 11.5 Å². The molecule has 202 valence electrons. The number of hydrogen-bond donors (Lipinski definition) is 2. The normalized spacial score (nSPS) is 28.6. The lowest BCUT2D eigenvalue weighted by Crippen LogP contribution is -2.54. The molecule has 4 aliphatic carbocycles. The van der Waals surface area contributed by atoms with Crippen LogP contribution in [0.4, 0.5) is 10.5 Å². The lowest BCUT2D eigenvalue weighted by molar-refractivity contribution is -0.122. The van der Waals surface area contributed by atoms with Crippen LogP contribution in [0.5, 0.6) is 11.5 Å². The molecule has 4 amide bonds. The molecule has 4 bridgehead atoms. The summed E-state index contributed by atoms with van der Waals surface area (Å²) in [6.07, 6.45) is 11.2. The first-order valence-corrected chi connectivity index (χ1v) is 13.9. The van der Waals surface area contributed by atoms with Gasteiger partial charge < -0.3 is 9.84 Å². The summed E-state index contributed by atoms with van der Waals surface area (Å²) < 4.78 is 5.55. The number of imide groups is 2. The maximum Gasteiger partial charge on any atom is 0.335 e. The van der Waals surface area contributed by atoms with Crippen molar-refractivity contribution in [3.8, 4) is 11.5 Å². The Hall–Kier alpha value is -3.87. The molecule has 2 aromatic carbocycles. The molecule has 1 saturated heterocycles. The van der Waals surface area contributed by atoms with Gasteiger partial charge in [-0.3, -0.25) is 14.9 Å². The molecule has 0 unspecified atom stereocenters. The number of ether oxygens (including phenoxy) is 1. The van der Waals surface area contributed by atoms with E-state index in [9.17, 15) is 19.5 Å². The number of rotatable bonds is 7. The first-order valence-electron chi connectivity index (χ1n) is 13.9. The maximum absolute atomic E-state index is 13.5. The van der Waals surface area contributed by atoms with Crippen LogP contribution < -0.4 is 15.0 Å². The molecular weight excluding hydrogens is 492 g/mol. The van der Waals surface area contributed by atoms with Gasteiger partial charge in [-0.15, -0.1) is 6.58 Å². The van der Waals surface area contributed by atoms with Gasteiger partial charge in [0.05, 0.1) is 12.3 Å². The molecule has 1 heterocycles. The number of allylic oxidation sites excluding steroid dienone is 1. The third kappa shape index (κ3) is 4.44. The van der Waals surface area contributed by atoms with Crippen molar-refractivity contribution < 1.29 is 24.2 Å².